The van der Waals surface area contributed by atoms with Gasteiger partial charge in [-0.2, -0.15) is 4.31 Å². The Bertz CT molecular complexity index is 1040. The molecule has 1 N–H and O–H groups in total. The molecule has 31 heavy (non-hydrogen) atoms. The molecule has 1 atom stereocenters. The first-order valence-electron chi connectivity index (χ1n) is 10.7. The first kappa shape index (κ1) is 22.0. The second-order valence-electron chi connectivity index (χ2n) is 8.64. The van der Waals surface area contributed by atoms with Crippen molar-refractivity contribution in [3.63, 3.8) is 0 Å². The van der Waals surface area contributed by atoms with Crippen molar-refractivity contribution in [1.29, 1.82) is 0 Å². The number of carbonyl (C=O) groups is 1. The molecule has 0 radical (unpaired) electrons. The zero-order chi connectivity index (χ0) is 22.2. The van der Waals surface area contributed by atoms with Crippen LogP contribution >= 0.6 is 0 Å². The van der Waals surface area contributed by atoms with Crippen molar-refractivity contribution in [3.05, 3.63) is 47.1 Å². The summed E-state index contributed by atoms with van der Waals surface area (Å²) in [5.41, 5.74) is 0.703. The van der Waals surface area contributed by atoms with Crippen LogP contribution in [-0.4, -0.2) is 36.9 Å². The fourth-order valence-electron chi connectivity index (χ4n) is 4.92. The van der Waals surface area contributed by atoms with Gasteiger partial charge in [0, 0.05) is 13.1 Å². The minimum absolute atomic E-state index is 0.0899. The standard InChI is InChI=1S/C22H28FN3O4S/c1-15-20(16(2)30-25-15)31(28,29)26-13-5-6-17(14-26)21(27)24-22(11-3-4-12-22)18-7-9-19(23)10-8-18/h7-10,17H,3-6,11-14H2,1-2H3,(H,24,27). The second-order valence-corrected chi connectivity index (χ2v) is 10.5. The molecule has 0 bridgehead atoms. The Kier molecular flexibility index (Phi) is 5.91. The number of piperidine rings is 1. The Morgan fingerprint density at radius 3 is 2.48 bits per heavy atom. The maximum atomic E-state index is 13.4. The van der Waals surface area contributed by atoms with Gasteiger partial charge in [-0.25, -0.2) is 12.8 Å². The van der Waals surface area contributed by atoms with Crippen LogP contribution in [0.25, 0.3) is 0 Å². The minimum Gasteiger partial charge on any atom is -0.360 e. The molecule has 1 aromatic carbocycles. The smallest absolute Gasteiger partial charge is 0.248 e. The summed E-state index contributed by atoms with van der Waals surface area (Å²) in [6.07, 6.45) is 4.77. The molecular weight excluding hydrogens is 421 g/mol. The Morgan fingerprint density at radius 1 is 1.19 bits per heavy atom. The summed E-state index contributed by atoms with van der Waals surface area (Å²) in [5, 5.41) is 6.98. The van der Waals surface area contributed by atoms with Crippen LogP contribution in [0.2, 0.25) is 0 Å². The van der Waals surface area contributed by atoms with Gasteiger partial charge in [-0.1, -0.05) is 30.1 Å². The number of carbonyl (C=O) groups excluding carboxylic acids is 1. The van der Waals surface area contributed by atoms with Crippen LogP contribution < -0.4 is 5.32 Å². The minimum atomic E-state index is -3.79. The van der Waals surface area contributed by atoms with E-state index >= 15 is 0 Å². The van der Waals surface area contributed by atoms with Gasteiger partial charge in [-0.3, -0.25) is 4.79 Å². The molecule has 2 fully saturated rings. The molecule has 7 nitrogen and oxygen atoms in total. The lowest BCUT2D eigenvalue weighted by Gasteiger charge is -2.36. The fraction of sp³-hybridized carbons (Fsp3) is 0.545. The number of sulfonamides is 1. The van der Waals surface area contributed by atoms with Crippen molar-refractivity contribution in [2.75, 3.05) is 13.1 Å². The highest BCUT2D eigenvalue weighted by molar-refractivity contribution is 7.89. The number of nitrogens with one attached hydrogen (secondary N) is 1. The monoisotopic (exact) mass is 449 g/mol. The zero-order valence-corrected chi connectivity index (χ0v) is 18.7. The summed E-state index contributed by atoms with van der Waals surface area (Å²) < 4.78 is 46.2. The van der Waals surface area contributed by atoms with E-state index < -0.39 is 21.5 Å². The first-order chi connectivity index (χ1) is 14.7. The summed E-state index contributed by atoms with van der Waals surface area (Å²) >= 11 is 0. The summed E-state index contributed by atoms with van der Waals surface area (Å²) in [5.74, 6) is -0.646. The largest absolute Gasteiger partial charge is 0.360 e. The maximum absolute atomic E-state index is 13.4. The molecule has 1 aliphatic carbocycles. The number of nitrogens with zero attached hydrogens (tertiary/aromatic N) is 2. The number of aryl methyl sites for hydroxylation is 2. The zero-order valence-electron chi connectivity index (χ0n) is 17.9. The highest BCUT2D eigenvalue weighted by Gasteiger charge is 2.41. The van der Waals surface area contributed by atoms with Crippen LogP contribution in [0.1, 0.15) is 55.5 Å². The fourth-order valence-corrected chi connectivity index (χ4v) is 6.73. The number of benzene rings is 1. The lowest BCUT2D eigenvalue weighted by atomic mass is 9.86. The SMILES string of the molecule is Cc1noc(C)c1S(=O)(=O)N1CCCC(C(=O)NC2(c3ccc(F)cc3)CCCC2)C1. The van der Waals surface area contributed by atoms with Crippen molar-refractivity contribution in [1.82, 2.24) is 14.8 Å². The lowest BCUT2D eigenvalue weighted by molar-refractivity contribution is -0.128. The van der Waals surface area contributed by atoms with Crippen molar-refractivity contribution in [3.8, 4) is 0 Å². The van der Waals surface area contributed by atoms with E-state index in [9.17, 15) is 17.6 Å². The van der Waals surface area contributed by atoms with Crippen LogP contribution in [0.5, 0.6) is 0 Å². The van der Waals surface area contributed by atoms with Crippen LogP contribution in [-0.2, 0) is 20.4 Å². The number of amides is 1. The van der Waals surface area contributed by atoms with Gasteiger partial charge in [0.15, 0.2) is 5.76 Å². The molecule has 1 aromatic heterocycles. The number of halogens is 1. The second kappa shape index (κ2) is 8.35. The quantitative estimate of drug-likeness (QED) is 0.755. The van der Waals surface area contributed by atoms with Gasteiger partial charge >= 0.3 is 0 Å². The van der Waals surface area contributed by atoms with E-state index in [-0.39, 0.29) is 28.9 Å². The van der Waals surface area contributed by atoms with E-state index in [0.717, 1.165) is 31.2 Å². The number of rotatable bonds is 5. The van der Waals surface area contributed by atoms with E-state index in [1.165, 1.54) is 16.4 Å². The molecule has 2 heterocycles. The Labute approximate surface area is 182 Å². The highest BCUT2D eigenvalue weighted by Crippen LogP contribution is 2.39. The highest BCUT2D eigenvalue weighted by atomic mass is 32.2. The van der Waals surface area contributed by atoms with E-state index in [1.807, 2.05) is 0 Å². The van der Waals surface area contributed by atoms with Gasteiger partial charge in [0.1, 0.15) is 16.4 Å². The third kappa shape index (κ3) is 4.13. The Hall–Kier alpha value is -2.26. The van der Waals surface area contributed by atoms with Gasteiger partial charge < -0.3 is 9.84 Å². The van der Waals surface area contributed by atoms with E-state index in [2.05, 4.69) is 10.5 Å². The summed E-state index contributed by atoms with van der Waals surface area (Å²) in [6.45, 7) is 3.66. The van der Waals surface area contributed by atoms with Crippen molar-refractivity contribution in [2.45, 2.75) is 62.8 Å². The molecule has 2 aromatic rings. The molecule has 9 heteroatoms. The third-order valence-corrected chi connectivity index (χ3v) is 8.65. The predicted molar refractivity (Wildman–Crippen MR) is 112 cm³/mol. The van der Waals surface area contributed by atoms with Crippen molar-refractivity contribution in [2.24, 2.45) is 5.92 Å². The van der Waals surface area contributed by atoms with Crippen LogP contribution in [0.3, 0.4) is 0 Å². The molecule has 0 spiro atoms. The van der Waals surface area contributed by atoms with Gasteiger partial charge in [-0.05, 0) is 57.2 Å². The van der Waals surface area contributed by atoms with Crippen molar-refractivity contribution < 1.29 is 22.1 Å². The molecule has 1 aliphatic heterocycles. The van der Waals surface area contributed by atoms with Crippen molar-refractivity contribution >= 4 is 15.9 Å². The molecule has 168 valence electrons. The van der Waals surface area contributed by atoms with Gasteiger partial charge in [-0.15, -0.1) is 0 Å². The van der Waals surface area contributed by atoms with Gasteiger partial charge in [0.25, 0.3) is 0 Å². The average Bonchev–Trinajstić information content (AvgIpc) is 3.35. The molecule has 2 aliphatic rings. The van der Waals surface area contributed by atoms with Gasteiger partial charge in [0.05, 0.1) is 11.5 Å². The van der Waals surface area contributed by atoms with E-state index in [4.69, 9.17) is 4.52 Å². The lowest BCUT2D eigenvalue weighted by Crippen LogP contribution is -2.51. The number of hydrogen-bond acceptors (Lipinski definition) is 5. The average molecular weight is 450 g/mol. The molecule has 4 rings (SSSR count). The molecule has 1 unspecified atom stereocenters. The predicted octanol–water partition coefficient (Wildman–Crippen LogP) is 3.42. The third-order valence-electron chi connectivity index (χ3n) is 6.54. The van der Waals surface area contributed by atoms with E-state index in [1.54, 1.807) is 26.0 Å². The van der Waals surface area contributed by atoms with E-state index in [0.29, 0.717) is 25.1 Å². The normalized spacial score (nSPS) is 21.8. The summed E-state index contributed by atoms with van der Waals surface area (Å²) in [4.78, 5) is 13.3. The number of aromatic nitrogens is 1. The molecular formula is C22H28FN3O4S. The first-order valence-corrected chi connectivity index (χ1v) is 12.2. The van der Waals surface area contributed by atoms with Crippen LogP contribution in [0.4, 0.5) is 4.39 Å². The topological polar surface area (TPSA) is 92.5 Å². The Balaban J connectivity index is 1.53. The molecule has 1 amide bonds. The van der Waals surface area contributed by atoms with Crippen LogP contribution in [0.15, 0.2) is 33.7 Å². The Morgan fingerprint density at radius 2 is 1.87 bits per heavy atom. The summed E-state index contributed by atoms with van der Waals surface area (Å²) in [7, 11) is -3.79. The maximum Gasteiger partial charge on any atom is 0.248 e. The molecule has 1 saturated carbocycles. The molecule has 1 saturated heterocycles. The number of hydrogen-bond donors (Lipinski definition) is 1. The van der Waals surface area contributed by atoms with Crippen LogP contribution in [0, 0.1) is 25.6 Å². The van der Waals surface area contributed by atoms with Gasteiger partial charge in [0.2, 0.25) is 15.9 Å². The summed E-state index contributed by atoms with van der Waals surface area (Å²) in [6, 6.07) is 6.30.